The van der Waals surface area contributed by atoms with E-state index in [-0.39, 0.29) is 18.5 Å². The molecule has 1 saturated heterocycles. The SMILES string of the molecule is O=C(CN1CCC[C@H]1c1ccc2c(c1)OCCCO2)NC(=O)Nc1ccc2c(c1)OCCO2. The molecule has 3 aliphatic heterocycles. The molecule has 2 N–H and O–H groups in total. The second-order valence-electron chi connectivity index (χ2n) is 8.25. The van der Waals surface area contributed by atoms with Crippen molar-refractivity contribution in [2.45, 2.75) is 25.3 Å². The highest BCUT2D eigenvalue weighted by Crippen LogP contribution is 2.37. The third-order valence-electron chi connectivity index (χ3n) is 5.92. The summed E-state index contributed by atoms with van der Waals surface area (Å²) in [5, 5.41) is 5.09. The smallest absolute Gasteiger partial charge is 0.325 e. The zero-order valence-electron chi connectivity index (χ0n) is 18.3. The summed E-state index contributed by atoms with van der Waals surface area (Å²) in [6.07, 6.45) is 2.78. The van der Waals surface area contributed by atoms with Crippen molar-refractivity contribution in [2.75, 3.05) is 44.8 Å². The minimum atomic E-state index is -0.581. The fourth-order valence-corrected chi connectivity index (χ4v) is 4.41. The molecule has 2 aromatic carbocycles. The van der Waals surface area contributed by atoms with Crippen molar-refractivity contribution in [2.24, 2.45) is 0 Å². The molecular formula is C24H27N3O6. The van der Waals surface area contributed by atoms with Crippen molar-refractivity contribution in [1.82, 2.24) is 10.2 Å². The van der Waals surface area contributed by atoms with Crippen LogP contribution >= 0.6 is 0 Å². The number of ether oxygens (including phenoxy) is 4. The van der Waals surface area contributed by atoms with Crippen LogP contribution < -0.4 is 29.6 Å². The summed E-state index contributed by atoms with van der Waals surface area (Å²) in [5.74, 6) is 2.36. The summed E-state index contributed by atoms with van der Waals surface area (Å²) in [5.41, 5.74) is 1.61. The molecular weight excluding hydrogens is 426 g/mol. The average Bonchev–Trinajstić information content (AvgIpc) is 3.13. The number of anilines is 1. The van der Waals surface area contributed by atoms with Gasteiger partial charge in [0, 0.05) is 24.2 Å². The number of fused-ring (bicyclic) bond motifs is 2. The molecule has 9 nitrogen and oxygen atoms in total. The molecule has 5 rings (SSSR count). The lowest BCUT2D eigenvalue weighted by Crippen LogP contribution is -2.41. The van der Waals surface area contributed by atoms with Crippen molar-refractivity contribution < 1.29 is 28.5 Å². The second-order valence-corrected chi connectivity index (χ2v) is 8.25. The van der Waals surface area contributed by atoms with E-state index in [2.05, 4.69) is 15.5 Å². The van der Waals surface area contributed by atoms with Gasteiger partial charge in [0.2, 0.25) is 5.91 Å². The van der Waals surface area contributed by atoms with Gasteiger partial charge < -0.3 is 24.3 Å². The molecule has 0 aliphatic carbocycles. The lowest BCUT2D eigenvalue weighted by atomic mass is 10.0. The van der Waals surface area contributed by atoms with Crippen molar-refractivity contribution in [3.8, 4) is 23.0 Å². The van der Waals surface area contributed by atoms with Crippen molar-refractivity contribution in [3.63, 3.8) is 0 Å². The monoisotopic (exact) mass is 453 g/mol. The van der Waals surface area contributed by atoms with Gasteiger partial charge in [0.25, 0.3) is 0 Å². The standard InChI is InChI=1S/C24H27N3O6/c28-23(26-24(29)25-17-5-7-20-22(14-17)33-12-11-32-20)15-27-8-1-3-18(27)16-4-6-19-21(13-16)31-10-2-9-30-19/h4-7,13-14,18H,1-3,8-12,15H2,(H2,25,26,28,29)/t18-/m0/s1. The third kappa shape index (κ3) is 4.98. The molecule has 2 aromatic rings. The van der Waals surface area contributed by atoms with E-state index in [1.165, 1.54) is 0 Å². The normalized spacial score (nSPS) is 19.5. The molecule has 0 saturated carbocycles. The molecule has 1 atom stereocenters. The van der Waals surface area contributed by atoms with Gasteiger partial charge in [-0.05, 0) is 49.2 Å². The van der Waals surface area contributed by atoms with E-state index in [1.54, 1.807) is 18.2 Å². The first-order valence-corrected chi connectivity index (χ1v) is 11.3. The van der Waals surface area contributed by atoms with Crippen molar-refractivity contribution >= 4 is 17.6 Å². The topological polar surface area (TPSA) is 98.4 Å². The summed E-state index contributed by atoms with van der Waals surface area (Å²) < 4.78 is 22.5. The first-order chi connectivity index (χ1) is 16.2. The van der Waals surface area contributed by atoms with Gasteiger partial charge in [-0.15, -0.1) is 0 Å². The fraction of sp³-hybridized carbons (Fsp3) is 0.417. The van der Waals surface area contributed by atoms with Crippen molar-refractivity contribution in [3.05, 3.63) is 42.0 Å². The Kier molecular flexibility index (Phi) is 6.21. The van der Waals surface area contributed by atoms with E-state index < -0.39 is 6.03 Å². The van der Waals surface area contributed by atoms with Crippen LogP contribution in [0.5, 0.6) is 23.0 Å². The van der Waals surface area contributed by atoms with Gasteiger partial charge in [-0.1, -0.05) is 6.07 Å². The van der Waals surface area contributed by atoms with Crippen LogP contribution in [-0.4, -0.2) is 56.4 Å². The van der Waals surface area contributed by atoms with Gasteiger partial charge in [0.1, 0.15) is 13.2 Å². The van der Waals surface area contributed by atoms with Gasteiger partial charge in [-0.2, -0.15) is 0 Å². The number of urea groups is 1. The van der Waals surface area contributed by atoms with Gasteiger partial charge in [-0.25, -0.2) is 4.79 Å². The summed E-state index contributed by atoms with van der Waals surface area (Å²) in [4.78, 5) is 27.0. The van der Waals surface area contributed by atoms with Crippen LogP contribution in [0.2, 0.25) is 0 Å². The minimum Gasteiger partial charge on any atom is -0.490 e. The minimum absolute atomic E-state index is 0.0914. The molecule has 3 amide bonds. The van der Waals surface area contributed by atoms with Crippen molar-refractivity contribution in [1.29, 1.82) is 0 Å². The molecule has 3 aliphatic rings. The van der Waals surface area contributed by atoms with Crippen LogP contribution in [-0.2, 0) is 4.79 Å². The predicted octanol–water partition coefficient (Wildman–Crippen LogP) is 3.10. The molecule has 33 heavy (non-hydrogen) atoms. The summed E-state index contributed by atoms with van der Waals surface area (Å²) in [6, 6.07) is 10.6. The Labute approximate surface area is 191 Å². The molecule has 0 spiro atoms. The Hall–Kier alpha value is -3.46. The third-order valence-corrected chi connectivity index (χ3v) is 5.92. The van der Waals surface area contributed by atoms with Crippen LogP contribution in [0, 0.1) is 0 Å². The van der Waals surface area contributed by atoms with E-state index in [9.17, 15) is 9.59 Å². The van der Waals surface area contributed by atoms with Crippen LogP contribution in [0.25, 0.3) is 0 Å². The summed E-state index contributed by atoms with van der Waals surface area (Å²) >= 11 is 0. The maximum atomic E-state index is 12.6. The number of carbonyl (C=O) groups is 2. The Morgan fingerprint density at radius 3 is 2.39 bits per heavy atom. The predicted molar refractivity (Wildman–Crippen MR) is 120 cm³/mol. The first-order valence-electron chi connectivity index (χ1n) is 11.3. The molecule has 0 unspecified atom stereocenters. The fourth-order valence-electron chi connectivity index (χ4n) is 4.41. The zero-order valence-corrected chi connectivity index (χ0v) is 18.3. The number of hydrogen-bond acceptors (Lipinski definition) is 7. The van der Waals surface area contributed by atoms with Crippen LogP contribution in [0.1, 0.15) is 30.9 Å². The number of nitrogens with zero attached hydrogens (tertiary/aromatic N) is 1. The zero-order chi connectivity index (χ0) is 22.6. The number of nitrogens with one attached hydrogen (secondary N) is 2. The molecule has 1 fully saturated rings. The van der Waals surface area contributed by atoms with E-state index >= 15 is 0 Å². The molecule has 174 valence electrons. The lowest BCUT2D eigenvalue weighted by molar-refractivity contribution is -0.121. The van der Waals surface area contributed by atoms with E-state index in [0.29, 0.717) is 43.6 Å². The van der Waals surface area contributed by atoms with Gasteiger partial charge in [0.05, 0.1) is 19.8 Å². The Bertz CT molecular complexity index is 1040. The number of benzene rings is 2. The van der Waals surface area contributed by atoms with Crippen LogP contribution in [0.4, 0.5) is 10.5 Å². The number of hydrogen-bond donors (Lipinski definition) is 2. The molecule has 9 heteroatoms. The highest BCUT2D eigenvalue weighted by molar-refractivity contribution is 6.01. The van der Waals surface area contributed by atoms with E-state index in [1.807, 2.05) is 18.2 Å². The lowest BCUT2D eigenvalue weighted by Gasteiger charge is -2.24. The Morgan fingerprint density at radius 2 is 1.55 bits per heavy atom. The Morgan fingerprint density at radius 1 is 0.848 bits per heavy atom. The number of amides is 3. The summed E-state index contributed by atoms with van der Waals surface area (Å²) in [6.45, 7) is 3.16. The van der Waals surface area contributed by atoms with Gasteiger partial charge in [0.15, 0.2) is 23.0 Å². The first kappa shape index (κ1) is 21.4. The number of carbonyl (C=O) groups excluding carboxylic acids is 2. The highest BCUT2D eigenvalue weighted by atomic mass is 16.6. The quantitative estimate of drug-likeness (QED) is 0.734. The average molecular weight is 453 g/mol. The van der Waals surface area contributed by atoms with Crippen LogP contribution in [0.15, 0.2) is 36.4 Å². The van der Waals surface area contributed by atoms with Gasteiger partial charge >= 0.3 is 6.03 Å². The number of rotatable bonds is 4. The molecule has 0 radical (unpaired) electrons. The van der Waals surface area contributed by atoms with Gasteiger partial charge in [-0.3, -0.25) is 15.0 Å². The molecule has 3 heterocycles. The van der Waals surface area contributed by atoms with E-state index in [0.717, 1.165) is 42.9 Å². The number of imide groups is 1. The largest absolute Gasteiger partial charge is 0.490 e. The highest BCUT2D eigenvalue weighted by Gasteiger charge is 2.29. The van der Waals surface area contributed by atoms with Crippen LogP contribution in [0.3, 0.4) is 0 Å². The number of likely N-dealkylation sites (tertiary alicyclic amines) is 1. The maximum absolute atomic E-state index is 12.6. The van der Waals surface area contributed by atoms with E-state index in [4.69, 9.17) is 18.9 Å². The Balaban J connectivity index is 1.18. The molecule has 0 aromatic heterocycles. The molecule has 0 bridgehead atoms. The summed E-state index contributed by atoms with van der Waals surface area (Å²) in [7, 11) is 0. The second kappa shape index (κ2) is 9.58. The maximum Gasteiger partial charge on any atom is 0.325 e.